The van der Waals surface area contributed by atoms with Crippen molar-refractivity contribution in [3.8, 4) is 5.75 Å². The van der Waals surface area contributed by atoms with Gasteiger partial charge in [-0.2, -0.15) is 0 Å². The molecule has 2 atom stereocenters. The van der Waals surface area contributed by atoms with Gasteiger partial charge in [0.2, 0.25) is 5.91 Å². The Bertz CT molecular complexity index is 757. The van der Waals surface area contributed by atoms with Crippen LogP contribution in [0.5, 0.6) is 5.75 Å². The Morgan fingerprint density at radius 2 is 1.96 bits per heavy atom. The van der Waals surface area contributed by atoms with Crippen molar-refractivity contribution in [2.75, 3.05) is 19.7 Å². The van der Waals surface area contributed by atoms with Crippen LogP contribution in [0.15, 0.2) is 48.5 Å². The smallest absolute Gasteiger partial charge is 0.234 e. The van der Waals surface area contributed by atoms with E-state index in [1.165, 1.54) is 16.7 Å². The van der Waals surface area contributed by atoms with Gasteiger partial charge in [0.05, 0.1) is 19.2 Å². The Hall–Kier alpha value is -2.33. The highest BCUT2D eigenvalue weighted by Gasteiger charge is 2.28. The molecule has 1 amide bonds. The lowest BCUT2D eigenvalue weighted by molar-refractivity contribution is -0.123. The third kappa shape index (κ3) is 4.89. The van der Waals surface area contributed by atoms with Crippen LogP contribution in [0, 0.1) is 6.92 Å². The van der Waals surface area contributed by atoms with Gasteiger partial charge in [-0.25, -0.2) is 0 Å². The van der Waals surface area contributed by atoms with Crippen LogP contribution in [0.2, 0.25) is 0 Å². The van der Waals surface area contributed by atoms with Crippen molar-refractivity contribution < 1.29 is 9.53 Å². The first-order chi connectivity index (χ1) is 13.1. The van der Waals surface area contributed by atoms with Crippen molar-refractivity contribution in [3.63, 3.8) is 0 Å². The molecule has 1 N–H and O–H groups in total. The first kappa shape index (κ1) is 19.4. The molecular weight excluding hydrogens is 336 g/mol. The van der Waals surface area contributed by atoms with E-state index in [1.807, 2.05) is 38.1 Å². The second kappa shape index (κ2) is 9.05. The lowest BCUT2D eigenvalue weighted by Gasteiger charge is -2.25. The zero-order valence-electron chi connectivity index (χ0n) is 16.6. The Labute approximate surface area is 162 Å². The van der Waals surface area contributed by atoms with Gasteiger partial charge in [-0.1, -0.05) is 36.4 Å². The number of aryl methyl sites for hydroxylation is 1. The minimum absolute atomic E-state index is 0.0187. The van der Waals surface area contributed by atoms with E-state index in [9.17, 15) is 4.79 Å². The summed E-state index contributed by atoms with van der Waals surface area (Å²) in [4.78, 5) is 14.9. The van der Waals surface area contributed by atoms with Gasteiger partial charge >= 0.3 is 0 Å². The molecule has 0 unspecified atom stereocenters. The molecule has 2 aromatic carbocycles. The summed E-state index contributed by atoms with van der Waals surface area (Å²) in [6, 6.07) is 16.8. The van der Waals surface area contributed by atoms with Crippen LogP contribution in [0.4, 0.5) is 0 Å². The third-order valence-electron chi connectivity index (χ3n) is 5.32. The number of ether oxygens (including phenoxy) is 1. The van der Waals surface area contributed by atoms with Crippen molar-refractivity contribution in [1.82, 2.24) is 10.2 Å². The van der Waals surface area contributed by atoms with Gasteiger partial charge in [-0.05, 0) is 69.0 Å². The van der Waals surface area contributed by atoms with E-state index >= 15 is 0 Å². The van der Waals surface area contributed by atoms with E-state index in [2.05, 4.69) is 41.4 Å². The zero-order valence-corrected chi connectivity index (χ0v) is 16.6. The first-order valence-electron chi connectivity index (χ1n) is 9.90. The molecule has 144 valence electrons. The molecule has 1 heterocycles. The molecule has 1 aliphatic rings. The summed E-state index contributed by atoms with van der Waals surface area (Å²) in [6.07, 6.45) is 2.22. The Morgan fingerprint density at radius 3 is 2.67 bits per heavy atom. The fraction of sp³-hybridized carbons (Fsp3) is 0.435. The quantitative estimate of drug-likeness (QED) is 0.789. The van der Waals surface area contributed by atoms with Crippen LogP contribution in [0.1, 0.15) is 55.5 Å². The van der Waals surface area contributed by atoms with Crippen LogP contribution >= 0.6 is 0 Å². The van der Waals surface area contributed by atoms with Crippen LogP contribution in [-0.2, 0) is 4.79 Å². The average Bonchev–Trinajstić information content (AvgIpc) is 3.11. The number of amides is 1. The molecule has 3 rings (SSSR count). The van der Waals surface area contributed by atoms with Crippen molar-refractivity contribution in [3.05, 3.63) is 65.2 Å². The summed E-state index contributed by atoms with van der Waals surface area (Å²) in [5.41, 5.74) is 3.64. The Balaban J connectivity index is 1.60. The van der Waals surface area contributed by atoms with E-state index in [0.717, 1.165) is 25.1 Å². The maximum atomic E-state index is 12.6. The Kier molecular flexibility index (Phi) is 6.51. The fourth-order valence-corrected chi connectivity index (χ4v) is 3.97. The van der Waals surface area contributed by atoms with Crippen LogP contribution in [-0.4, -0.2) is 30.5 Å². The lowest BCUT2D eigenvalue weighted by Crippen LogP contribution is -2.38. The number of rotatable bonds is 7. The minimum atomic E-state index is 0.0187. The highest BCUT2D eigenvalue weighted by molar-refractivity contribution is 5.78. The highest BCUT2D eigenvalue weighted by atomic mass is 16.5. The monoisotopic (exact) mass is 366 g/mol. The van der Waals surface area contributed by atoms with Crippen molar-refractivity contribution in [2.45, 2.75) is 45.7 Å². The number of nitrogens with zero attached hydrogens (tertiary/aromatic N) is 1. The van der Waals surface area contributed by atoms with E-state index in [-0.39, 0.29) is 11.9 Å². The molecule has 0 saturated carbocycles. The third-order valence-corrected chi connectivity index (χ3v) is 5.32. The van der Waals surface area contributed by atoms with Crippen LogP contribution < -0.4 is 10.1 Å². The molecule has 0 radical (unpaired) electrons. The summed E-state index contributed by atoms with van der Waals surface area (Å²) in [7, 11) is 0. The molecule has 0 aromatic heterocycles. The van der Waals surface area contributed by atoms with E-state index in [1.54, 1.807) is 0 Å². The lowest BCUT2D eigenvalue weighted by atomic mass is 10.0. The molecule has 0 bridgehead atoms. The van der Waals surface area contributed by atoms with Gasteiger partial charge < -0.3 is 10.1 Å². The summed E-state index contributed by atoms with van der Waals surface area (Å²) in [5, 5.41) is 3.16. The summed E-state index contributed by atoms with van der Waals surface area (Å²) in [5.74, 6) is 0.985. The normalized spacial score (nSPS) is 18.3. The maximum absolute atomic E-state index is 12.6. The van der Waals surface area contributed by atoms with Gasteiger partial charge in [0.1, 0.15) is 5.75 Å². The molecule has 1 fully saturated rings. The largest absolute Gasteiger partial charge is 0.494 e. The number of carbonyl (C=O) groups excluding carboxylic acids is 1. The van der Waals surface area contributed by atoms with Gasteiger partial charge in [-0.15, -0.1) is 0 Å². The van der Waals surface area contributed by atoms with E-state index in [4.69, 9.17) is 4.74 Å². The summed E-state index contributed by atoms with van der Waals surface area (Å²) < 4.78 is 5.53. The number of hydrogen-bond acceptors (Lipinski definition) is 3. The van der Waals surface area contributed by atoms with Crippen LogP contribution in [0.25, 0.3) is 0 Å². The summed E-state index contributed by atoms with van der Waals surface area (Å²) >= 11 is 0. The molecule has 27 heavy (non-hydrogen) atoms. The van der Waals surface area contributed by atoms with Gasteiger partial charge in [0.15, 0.2) is 0 Å². The molecule has 4 nitrogen and oxygen atoms in total. The zero-order chi connectivity index (χ0) is 19.2. The molecule has 2 aromatic rings. The predicted octanol–water partition coefficient (Wildman–Crippen LogP) is 4.41. The van der Waals surface area contributed by atoms with Gasteiger partial charge in [-0.3, -0.25) is 9.69 Å². The number of benzene rings is 2. The first-order valence-corrected chi connectivity index (χ1v) is 9.90. The van der Waals surface area contributed by atoms with Crippen molar-refractivity contribution in [1.29, 1.82) is 0 Å². The maximum Gasteiger partial charge on any atom is 0.234 e. The topological polar surface area (TPSA) is 41.6 Å². The van der Waals surface area contributed by atoms with Gasteiger partial charge in [0, 0.05) is 6.04 Å². The number of likely N-dealkylation sites (tertiary alicyclic amines) is 1. The van der Waals surface area contributed by atoms with Crippen LogP contribution in [0.3, 0.4) is 0 Å². The Morgan fingerprint density at radius 1 is 1.22 bits per heavy atom. The molecule has 0 spiro atoms. The predicted molar refractivity (Wildman–Crippen MR) is 109 cm³/mol. The number of nitrogens with one attached hydrogen (secondary N) is 1. The molecular formula is C23H30N2O2. The summed E-state index contributed by atoms with van der Waals surface area (Å²) in [6.45, 7) is 8.20. The molecule has 1 aliphatic heterocycles. The molecule has 4 heteroatoms. The fourth-order valence-electron chi connectivity index (χ4n) is 3.97. The second-order valence-corrected chi connectivity index (χ2v) is 7.28. The number of carbonyl (C=O) groups is 1. The molecule has 1 saturated heterocycles. The number of hydrogen-bond donors (Lipinski definition) is 1. The highest BCUT2D eigenvalue weighted by Crippen LogP contribution is 2.32. The second-order valence-electron chi connectivity index (χ2n) is 7.28. The average molecular weight is 367 g/mol. The molecule has 0 aliphatic carbocycles. The van der Waals surface area contributed by atoms with Gasteiger partial charge in [0.25, 0.3) is 0 Å². The van der Waals surface area contributed by atoms with Crippen molar-refractivity contribution in [2.24, 2.45) is 0 Å². The van der Waals surface area contributed by atoms with E-state index < -0.39 is 0 Å². The van der Waals surface area contributed by atoms with Crippen molar-refractivity contribution >= 4 is 5.91 Å². The minimum Gasteiger partial charge on any atom is -0.494 e. The van der Waals surface area contributed by atoms with E-state index in [0.29, 0.717) is 19.2 Å². The SMILES string of the molecule is CCOc1ccc([C@@H]2CCCN2CC(=O)N[C@@H](C)c2ccccc2C)cc1. The standard InChI is InChI=1S/C23H30N2O2/c1-4-27-20-13-11-19(12-14-20)22-10-7-15-25(22)16-23(26)24-18(3)21-9-6-5-8-17(21)2/h5-6,8-9,11-14,18,22H,4,7,10,15-16H2,1-3H3,(H,24,26)/t18-,22-/m0/s1.